The number of hydrogen-bond donors (Lipinski definition) is 1. The van der Waals surface area contributed by atoms with Crippen LogP contribution in [0.4, 0.5) is 4.39 Å². The highest BCUT2D eigenvalue weighted by Crippen LogP contribution is 2.29. The zero-order valence-electron chi connectivity index (χ0n) is 12.4. The lowest BCUT2D eigenvalue weighted by atomic mass is 9.85. The van der Waals surface area contributed by atoms with Gasteiger partial charge in [0.2, 0.25) is 0 Å². The molecule has 0 saturated heterocycles. The molecule has 0 heterocycles. The van der Waals surface area contributed by atoms with E-state index in [2.05, 4.69) is 4.90 Å². The SMILES string of the molecule is Cc1cc(Cl)c(CN(C)C2CCC(C(=O)O)CC2)cc1F. The first-order valence-corrected chi connectivity index (χ1v) is 7.64. The van der Waals surface area contributed by atoms with Gasteiger partial charge in [0.05, 0.1) is 5.92 Å². The molecule has 1 N–H and O–H groups in total. The summed E-state index contributed by atoms with van der Waals surface area (Å²) in [5.74, 6) is -1.15. The quantitative estimate of drug-likeness (QED) is 0.917. The molecule has 1 fully saturated rings. The minimum atomic E-state index is -0.695. The summed E-state index contributed by atoms with van der Waals surface area (Å²) in [5.41, 5.74) is 1.33. The number of rotatable bonds is 4. The normalized spacial score (nSPS) is 22.5. The van der Waals surface area contributed by atoms with Crippen LogP contribution in [0, 0.1) is 18.7 Å². The van der Waals surface area contributed by atoms with Gasteiger partial charge < -0.3 is 5.11 Å². The topological polar surface area (TPSA) is 40.5 Å². The maximum absolute atomic E-state index is 13.6. The van der Waals surface area contributed by atoms with E-state index in [0.717, 1.165) is 18.4 Å². The molecule has 1 aromatic carbocycles. The molecule has 1 aliphatic carbocycles. The molecule has 0 amide bonds. The van der Waals surface area contributed by atoms with Gasteiger partial charge in [0.25, 0.3) is 0 Å². The van der Waals surface area contributed by atoms with E-state index in [1.54, 1.807) is 13.0 Å². The van der Waals surface area contributed by atoms with Crippen molar-refractivity contribution in [2.45, 2.75) is 45.2 Å². The second-order valence-corrected chi connectivity index (χ2v) is 6.36. The molecular weight excluding hydrogens is 293 g/mol. The summed E-state index contributed by atoms with van der Waals surface area (Å²) >= 11 is 6.18. The van der Waals surface area contributed by atoms with Crippen molar-refractivity contribution in [1.29, 1.82) is 0 Å². The number of carboxylic acids is 1. The number of nitrogens with zero attached hydrogens (tertiary/aromatic N) is 1. The molecule has 1 saturated carbocycles. The highest BCUT2D eigenvalue weighted by atomic mass is 35.5. The molecule has 3 nitrogen and oxygen atoms in total. The van der Waals surface area contributed by atoms with E-state index in [-0.39, 0.29) is 11.7 Å². The van der Waals surface area contributed by atoms with Crippen LogP contribution in [0.3, 0.4) is 0 Å². The molecule has 116 valence electrons. The zero-order valence-corrected chi connectivity index (χ0v) is 13.2. The third kappa shape index (κ3) is 3.95. The van der Waals surface area contributed by atoms with Crippen molar-refractivity contribution < 1.29 is 14.3 Å². The highest BCUT2D eigenvalue weighted by molar-refractivity contribution is 6.31. The Labute approximate surface area is 129 Å². The maximum atomic E-state index is 13.6. The van der Waals surface area contributed by atoms with E-state index in [0.29, 0.717) is 36.0 Å². The van der Waals surface area contributed by atoms with Crippen molar-refractivity contribution in [2.75, 3.05) is 7.05 Å². The summed E-state index contributed by atoms with van der Waals surface area (Å²) in [6, 6.07) is 3.49. The fraction of sp³-hybridized carbons (Fsp3) is 0.562. The van der Waals surface area contributed by atoms with E-state index >= 15 is 0 Å². The molecule has 2 rings (SSSR count). The van der Waals surface area contributed by atoms with Gasteiger partial charge >= 0.3 is 5.97 Å². The van der Waals surface area contributed by atoms with Crippen molar-refractivity contribution in [3.8, 4) is 0 Å². The van der Waals surface area contributed by atoms with Gasteiger partial charge in [-0.25, -0.2) is 4.39 Å². The molecule has 0 aromatic heterocycles. The van der Waals surface area contributed by atoms with Gasteiger partial charge in [0.1, 0.15) is 5.82 Å². The molecular formula is C16H21ClFNO2. The number of aryl methyl sites for hydroxylation is 1. The number of carbonyl (C=O) groups is 1. The Balaban J connectivity index is 1.98. The van der Waals surface area contributed by atoms with Gasteiger partial charge in [-0.3, -0.25) is 9.69 Å². The molecule has 21 heavy (non-hydrogen) atoms. The summed E-state index contributed by atoms with van der Waals surface area (Å²) in [4.78, 5) is 13.1. The summed E-state index contributed by atoms with van der Waals surface area (Å²) in [7, 11) is 1.99. The summed E-state index contributed by atoms with van der Waals surface area (Å²) < 4.78 is 13.6. The molecule has 0 spiro atoms. The highest BCUT2D eigenvalue weighted by Gasteiger charge is 2.28. The number of benzene rings is 1. The largest absolute Gasteiger partial charge is 0.481 e. The van der Waals surface area contributed by atoms with E-state index in [1.807, 2.05) is 7.05 Å². The lowest BCUT2D eigenvalue weighted by Crippen LogP contribution is -2.36. The van der Waals surface area contributed by atoms with Crippen molar-refractivity contribution in [2.24, 2.45) is 5.92 Å². The summed E-state index contributed by atoms with van der Waals surface area (Å²) in [6.45, 7) is 2.28. The molecule has 1 aromatic rings. The van der Waals surface area contributed by atoms with E-state index in [4.69, 9.17) is 16.7 Å². The van der Waals surface area contributed by atoms with Gasteiger partial charge in [0, 0.05) is 17.6 Å². The molecule has 5 heteroatoms. The Hall–Kier alpha value is -1.13. The average Bonchev–Trinajstić information content (AvgIpc) is 2.44. The lowest BCUT2D eigenvalue weighted by molar-refractivity contribution is -0.143. The molecule has 0 bridgehead atoms. The first-order valence-electron chi connectivity index (χ1n) is 7.26. The molecule has 1 aliphatic rings. The van der Waals surface area contributed by atoms with Crippen LogP contribution >= 0.6 is 11.6 Å². The monoisotopic (exact) mass is 313 g/mol. The Morgan fingerprint density at radius 1 is 1.38 bits per heavy atom. The number of halogens is 2. The maximum Gasteiger partial charge on any atom is 0.306 e. The third-order valence-corrected chi connectivity index (χ3v) is 4.77. The van der Waals surface area contributed by atoms with Crippen LogP contribution < -0.4 is 0 Å². The first-order chi connectivity index (χ1) is 9.88. The van der Waals surface area contributed by atoms with Crippen LogP contribution in [-0.4, -0.2) is 29.1 Å². The van der Waals surface area contributed by atoms with Crippen LogP contribution in [0.15, 0.2) is 12.1 Å². The smallest absolute Gasteiger partial charge is 0.306 e. The second kappa shape index (κ2) is 6.75. The van der Waals surface area contributed by atoms with Crippen molar-refractivity contribution in [1.82, 2.24) is 4.90 Å². The van der Waals surface area contributed by atoms with E-state index < -0.39 is 5.97 Å². The molecule has 0 unspecified atom stereocenters. The van der Waals surface area contributed by atoms with Crippen molar-refractivity contribution in [3.05, 3.63) is 34.1 Å². The average molecular weight is 314 g/mol. The van der Waals surface area contributed by atoms with Crippen LogP contribution in [0.2, 0.25) is 5.02 Å². The van der Waals surface area contributed by atoms with Gasteiger partial charge in [-0.1, -0.05) is 11.6 Å². The molecule has 0 radical (unpaired) electrons. The number of hydrogen-bond acceptors (Lipinski definition) is 2. The third-order valence-electron chi connectivity index (χ3n) is 4.42. The molecule has 0 atom stereocenters. The standard InChI is InChI=1S/C16H21ClFNO2/c1-10-7-14(17)12(8-15(10)18)9-19(2)13-5-3-11(4-6-13)16(20)21/h7-8,11,13H,3-6,9H2,1-2H3,(H,20,21). The van der Waals surface area contributed by atoms with Crippen LogP contribution in [0.5, 0.6) is 0 Å². The predicted molar refractivity (Wildman–Crippen MR) is 81.0 cm³/mol. The van der Waals surface area contributed by atoms with Gasteiger partial charge in [-0.15, -0.1) is 0 Å². The molecule has 0 aliphatic heterocycles. The zero-order chi connectivity index (χ0) is 15.6. The Bertz CT molecular complexity index is 527. The Morgan fingerprint density at radius 2 is 2.00 bits per heavy atom. The fourth-order valence-electron chi connectivity index (χ4n) is 2.97. The van der Waals surface area contributed by atoms with Gasteiger partial charge in [-0.05, 0) is 62.9 Å². The number of carboxylic acid groups (broad SMARTS) is 1. The summed E-state index contributed by atoms with van der Waals surface area (Å²) in [5, 5.41) is 9.60. The summed E-state index contributed by atoms with van der Waals surface area (Å²) in [6.07, 6.45) is 3.14. The van der Waals surface area contributed by atoms with Crippen molar-refractivity contribution in [3.63, 3.8) is 0 Å². The van der Waals surface area contributed by atoms with Crippen molar-refractivity contribution >= 4 is 17.6 Å². The van der Waals surface area contributed by atoms with E-state index in [1.165, 1.54) is 6.07 Å². The Kier molecular flexibility index (Phi) is 5.22. The van der Waals surface area contributed by atoms with Gasteiger partial charge in [0.15, 0.2) is 0 Å². The second-order valence-electron chi connectivity index (χ2n) is 5.95. The predicted octanol–water partition coefficient (Wildman–Crippen LogP) is 3.86. The lowest BCUT2D eigenvalue weighted by Gasteiger charge is -2.33. The van der Waals surface area contributed by atoms with E-state index in [9.17, 15) is 9.18 Å². The van der Waals surface area contributed by atoms with Gasteiger partial charge in [-0.2, -0.15) is 0 Å². The van der Waals surface area contributed by atoms with Crippen LogP contribution in [0.25, 0.3) is 0 Å². The van der Waals surface area contributed by atoms with Crippen LogP contribution in [0.1, 0.15) is 36.8 Å². The Morgan fingerprint density at radius 3 is 2.57 bits per heavy atom. The fourth-order valence-corrected chi connectivity index (χ4v) is 3.25. The minimum Gasteiger partial charge on any atom is -0.481 e. The number of aliphatic carboxylic acids is 1. The minimum absolute atomic E-state index is 0.213. The van der Waals surface area contributed by atoms with Crippen LogP contribution in [-0.2, 0) is 11.3 Å². The first kappa shape index (κ1) is 16.2.